The quantitative estimate of drug-likeness (QED) is 0.465. The molecule has 0 unspecified atom stereocenters. The van der Waals surface area contributed by atoms with Crippen LogP contribution in [0.4, 0.5) is 13.2 Å². The predicted molar refractivity (Wildman–Crippen MR) is 103 cm³/mol. The van der Waals surface area contributed by atoms with Crippen molar-refractivity contribution in [2.24, 2.45) is 0 Å². The minimum Gasteiger partial charge on any atom is -0.439 e. The number of halogens is 3. The number of ether oxygens (including phenoxy) is 1. The molecule has 28 heavy (non-hydrogen) atoms. The van der Waals surface area contributed by atoms with E-state index in [0.717, 1.165) is 24.4 Å². The largest absolute Gasteiger partial charge is 0.439 e. The highest BCUT2D eigenvalue weighted by Crippen LogP contribution is 2.37. The maximum absolute atomic E-state index is 13.6. The van der Waals surface area contributed by atoms with Crippen LogP contribution < -0.4 is 10.2 Å². The Morgan fingerprint density at radius 1 is 1.14 bits per heavy atom. The van der Waals surface area contributed by atoms with Gasteiger partial charge in [0, 0.05) is 17.0 Å². The molecule has 1 aliphatic rings. The summed E-state index contributed by atoms with van der Waals surface area (Å²) < 4.78 is 46.6. The molecule has 0 saturated carbocycles. The summed E-state index contributed by atoms with van der Waals surface area (Å²) in [6, 6.07) is 10.6. The van der Waals surface area contributed by atoms with E-state index in [1.165, 1.54) is 30.6 Å². The number of rotatable bonds is 3. The highest BCUT2D eigenvalue weighted by molar-refractivity contribution is 6.73. The van der Waals surface area contributed by atoms with E-state index < -0.39 is 11.7 Å². The van der Waals surface area contributed by atoms with Gasteiger partial charge in [-0.1, -0.05) is 30.2 Å². The summed E-state index contributed by atoms with van der Waals surface area (Å²) in [5.41, 5.74) is 1.88. The van der Waals surface area contributed by atoms with Gasteiger partial charge in [-0.2, -0.15) is 13.2 Å². The Balaban J connectivity index is 1.78. The molecule has 0 radical (unpaired) electrons. The van der Waals surface area contributed by atoms with Gasteiger partial charge in [-0.15, -0.1) is 0 Å². The van der Waals surface area contributed by atoms with Crippen molar-refractivity contribution in [1.29, 1.82) is 0 Å². The number of alkyl halides is 3. The SMILES string of the molecule is CB1CCc2cc(Oc3cc(C(F)(F)F)c4cc(C(C)=O)ccc4n3)ccc21. The maximum atomic E-state index is 13.6. The molecule has 0 fully saturated rings. The van der Waals surface area contributed by atoms with E-state index in [-0.39, 0.29) is 28.1 Å². The molecule has 0 amide bonds. The zero-order chi connectivity index (χ0) is 20.1. The van der Waals surface area contributed by atoms with Crippen LogP contribution in [0.1, 0.15) is 28.4 Å². The first-order valence-electron chi connectivity index (χ1n) is 9.06. The second kappa shape index (κ2) is 6.65. The molecule has 7 heteroatoms. The van der Waals surface area contributed by atoms with Crippen LogP contribution in [0.15, 0.2) is 42.5 Å². The van der Waals surface area contributed by atoms with Crippen molar-refractivity contribution < 1.29 is 22.7 Å². The molecule has 0 bridgehead atoms. The first-order valence-corrected chi connectivity index (χ1v) is 9.06. The highest BCUT2D eigenvalue weighted by Gasteiger charge is 2.34. The number of hydrogen-bond acceptors (Lipinski definition) is 3. The second-order valence-electron chi connectivity index (χ2n) is 7.20. The number of benzene rings is 2. The minimum absolute atomic E-state index is 0.115. The number of Topliss-reactive ketones (excluding diaryl/α,β-unsaturated/α-hetero) is 1. The average molecular weight is 383 g/mol. The number of hydrogen-bond donors (Lipinski definition) is 0. The molecular weight excluding hydrogens is 366 g/mol. The van der Waals surface area contributed by atoms with E-state index in [9.17, 15) is 18.0 Å². The van der Waals surface area contributed by atoms with Crippen molar-refractivity contribution >= 4 is 28.9 Å². The molecule has 0 atom stereocenters. The third-order valence-corrected chi connectivity index (χ3v) is 5.21. The zero-order valence-electron chi connectivity index (χ0n) is 15.4. The fraction of sp³-hybridized carbons (Fsp3) is 0.238. The van der Waals surface area contributed by atoms with Crippen molar-refractivity contribution in [2.45, 2.75) is 32.7 Å². The van der Waals surface area contributed by atoms with Gasteiger partial charge in [0.1, 0.15) is 5.75 Å². The van der Waals surface area contributed by atoms with Crippen LogP contribution in [0.2, 0.25) is 13.1 Å². The molecule has 4 rings (SSSR count). The zero-order valence-corrected chi connectivity index (χ0v) is 15.4. The number of pyridine rings is 1. The first-order chi connectivity index (χ1) is 13.2. The van der Waals surface area contributed by atoms with Crippen molar-refractivity contribution in [3.05, 3.63) is 59.2 Å². The van der Waals surface area contributed by atoms with E-state index in [2.05, 4.69) is 11.8 Å². The average Bonchev–Trinajstić information content (AvgIpc) is 3.00. The molecule has 0 saturated heterocycles. The van der Waals surface area contributed by atoms with Crippen molar-refractivity contribution in [3.8, 4) is 11.6 Å². The van der Waals surface area contributed by atoms with Gasteiger partial charge < -0.3 is 4.74 Å². The minimum atomic E-state index is -4.60. The number of fused-ring (bicyclic) bond motifs is 2. The summed E-state index contributed by atoms with van der Waals surface area (Å²) in [4.78, 5) is 15.8. The summed E-state index contributed by atoms with van der Waals surface area (Å²) in [7, 11) is 0. The van der Waals surface area contributed by atoms with Gasteiger partial charge in [0.15, 0.2) is 12.5 Å². The summed E-state index contributed by atoms with van der Waals surface area (Å²) in [6.45, 7) is 3.95. The number of nitrogens with zero attached hydrogens (tertiary/aromatic N) is 1. The number of aryl methyl sites for hydroxylation is 1. The van der Waals surface area contributed by atoms with Crippen molar-refractivity contribution in [2.75, 3.05) is 0 Å². The topological polar surface area (TPSA) is 39.2 Å². The molecule has 142 valence electrons. The molecule has 2 heterocycles. The Labute approximate surface area is 160 Å². The molecule has 1 aliphatic heterocycles. The molecule has 0 aliphatic carbocycles. The molecular formula is C21H17BF3NO2. The summed E-state index contributed by atoms with van der Waals surface area (Å²) in [5, 5.41) is -0.115. The van der Waals surface area contributed by atoms with Crippen LogP contribution in [0.3, 0.4) is 0 Å². The molecule has 3 aromatic rings. The third-order valence-electron chi connectivity index (χ3n) is 5.21. The van der Waals surface area contributed by atoms with Crippen molar-refractivity contribution in [3.63, 3.8) is 0 Å². The smallest absolute Gasteiger partial charge is 0.417 e. The maximum Gasteiger partial charge on any atom is 0.417 e. The third kappa shape index (κ3) is 3.37. The molecule has 0 spiro atoms. The monoisotopic (exact) mass is 383 g/mol. The highest BCUT2D eigenvalue weighted by atomic mass is 19.4. The Morgan fingerprint density at radius 2 is 1.93 bits per heavy atom. The Kier molecular flexibility index (Phi) is 4.40. The van der Waals surface area contributed by atoms with Gasteiger partial charge in [0.2, 0.25) is 5.88 Å². The lowest BCUT2D eigenvalue weighted by Gasteiger charge is -2.14. The molecule has 3 nitrogen and oxygen atoms in total. The van der Waals surface area contributed by atoms with Crippen LogP contribution in [-0.4, -0.2) is 17.5 Å². The van der Waals surface area contributed by atoms with Gasteiger partial charge in [-0.3, -0.25) is 4.79 Å². The van der Waals surface area contributed by atoms with Gasteiger partial charge in [-0.25, -0.2) is 4.98 Å². The van der Waals surface area contributed by atoms with E-state index in [1.807, 2.05) is 12.1 Å². The lowest BCUT2D eigenvalue weighted by Crippen LogP contribution is -2.21. The Morgan fingerprint density at radius 3 is 2.64 bits per heavy atom. The number of aromatic nitrogens is 1. The standard InChI is InChI=1S/C21H17BF3NO2/c1-12(27)13-3-6-19-16(10-13)17(21(23,24)25)11-20(26-19)28-15-4-5-18-14(9-15)7-8-22(18)2/h3-6,9-11H,7-8H2,1-2H3. The summed E-state index contributed by atoms with van der Waals surface area (Å²) in [6.07, 6.45) is -2.60. The van der Waals surface area contributed by atoms with Crippen LogP contribution in [0, 0.1) is 0 Å². The molecule has 0 N–H and O–H groups in total. The Hall–Kier alpha value is -2.83. The van der Waals surface area contributed by atoms with E-state index >= 15 is 0 Å². The van der Waals surface area contributed by atoms with E-state index in [0.29, 0.717) is 12.5 Å². The molecule has 1 aromatic heterocycles. The summed E-state index contributed by atoms with van der Waals surface area (Å²) >= 11 is 0. The lowest BCUT2D eigenvalue weighted by atomic mass is 9.48. The van der Waals surface area contributed by atoms with Gasteiger partial charge >= 0.3 is 6.18 Å². The van der Waals surface area contributed by atoms with Crippen LogP contribution in [-0.2, 0) is 12.6 Å². The fourth-order valence-corrected chi connectivity index (χ4v) is 3.70. The van der Waals surface area contributed by atoms with Gasteiger partial charge in [-0.05, 0) is 43.7 Å². The Bertz CT molecular complexity index is 1090. The van der Waals surface area contributed by atoms with Crippen LogP contribution in [0.25, 0.3) is 10.9 Å². The van der Waals surface area contributed by atoms with Gasteiger partial charge in [0.05, 0.1) is 11.1 Å². The normalized spacial score (nSPS) is 13.7. The first kappa shape index (κ1) is 18.5. The fourth-order valence-electron chi connectivity index (χ4n) is 3.70. The lowest BCUT2D eigenvalue weighted by molar-refractivity contribution is -0.136. The van der Waals surface area contributed by atoms with E-state index in [4.69, 9.17) is 4.74 Å². The molecule has 2 aromatic carbocycles. The van der Waals surface area contributed by atoms with Crippen LogP contribution in [0.5, 0.6) is 11.6 Å². The predicted octanol–water partition coefficient (Wildman–Crippen LogP) is 5.14. The second-order valence-corrected chi connectivity index (χ2v) is 7.20. The van der Waals surface area contributed by atoms with E-state index in [1.54, 1.807) is 6.07 Å². The van der Waals surface area contributed by atoms with Gasteiger partial charge in [0.25, 0.3) is 0 Å². The summed E-state index contributed by atoms with van der Waals surface area (Å²) in [5.74, 6) is 0.0392. The number of carbonyl (C=O) groups is 1. The number of carbonyl (C=O) groups excluding carboxylic acids is 1. The number of ketones is 1. The van der Waals surface area contributed by atoms with Crippen molar-refractivity contribution in [1.82, 2.24) is 4.98 Å². The van der Waals surface area contributed by atoms with Crippen LogP contribution >= 0.6 is 0 Å².